The largest absolute Gasteiger partial charge is 0.479 e. The van der Waals surface area contributed by atoms with E-state index < -0.39 is 6.10 Å². The molecule has 0 bridgehead atoms. The Morgan fingerprint density at radius 3 is 2.81 bits per heavy atom. The monoisotopic (exact) mass is 414 g/mol. The van der Waals surface area contributed by atoms with Gasteiger partial charge in [-0.15, -0.1) is 0 Å². The molecule has 0 aliphatic carbocycles. The van der Waals surface area contributed by atoms with Crippen LogP contribution in [0.5, 0.6) is 5.75 Å². The highest BCUT2D eigenvalue weighted by Gasteiger charge is 2.32. The molecule has 2 aromatic carbocycles. The van der Waals surface area contributed by atoms with Gasteiger partial charge in [0.2, 0.25) is 11.8 Å². The molecule has 0 fully saturated rings. The lowest BCUT2D eigenvalue weighted by Gasteiger charge is -2.32. The number of pyridine rings is 1. The second-order valence-electron chi connectivity index (χ2n) is 7.12. The second-order valence-corrected chi connectivity index (χ2v) is 7.12. The van der Waals surface area contributed by atoms with Crippen LogP contribution in [0.3, 0.4) is 0 Å². The molecule has 0 saturated heterocycles. The number of carbonyl (C=O) groups is 2. The summed E-state index contributed by atoms with van der Waals surface area (Å²) >= 11 is 0. The van der Waals surface area contributed by atoms with Crippen molar-refractivity contribution >= 4 is 34.3 Å². The molecule has 0 radical (unpaired) electrons. The van der Waals surface area contributed by atoms with Crippen LogP contribution in [-0.2, 0) is 9.59 Å². The van der Waals surface area contributed by atoms with E-state index in [1.165, 1.54) is 4.90 Å². The Bertz CT molecular complexity index is 1290. The minimum Gasteiger partial charge on any atom is -0.479 e. The maximum absolute atomic E-state index is 12.7. The van der Waals surface area contributed by atoms with Gasteiger partial charge in [-0.25, -0.2) is 4.98 Å². The van der Waals surface area contributed by atoms with Crippen molar-refractivity contribution in [2.75, 3.05) is 16.8 Å². The summed E-state index contributed by atoms with van der Waals surface area (Å²) in [6.45, 7) is 1.54. The molecule has 1 N–H and O–H groups in total. The zero-order valence-electron chi connectivity index (χ0n) is 16.6. The maximum atomic E-state index is 12.7. The molecule has 2 aromatic heterocycles. The Hall–Kier alpha value is -4.20. The fourth-order valence-electron chi connectivity index (χ4n) is 3.47. The minimum absolute atomic E-state index is 0.128. The van der Waals surface area contributed by atoms with Crippen molar-refractivity contribution in [3.63, 3.8) is 0 Å². The Kier molecular flexibility index (Phi) is 4.59. The zero-order chi connectivity index (χ0) is 21.4. The normalized spacial score (nSPS) is 15.5. The third-order valence-electron chi connectivity index (χ3n) is 4.93. The summed E-state index contributed by atoms with van der Waals surface area (Å²) in [7, 11) is 0. The zero-order valence-corrected chi connectivity index (χ0v) is 16.6. The minimum atomic E-state index is -0.654. The number of benzene rings is 2. The summed E-state index contributed by atoms with van der Waals surface area (Å²) in [6.07, 6.45) is 1.01. The molecular formula is C23H18N4O4. The number of nitrogens with zero attached hydrogens (tertiary/aromatic N) is 3. The van der Waals surface area contributed by atoms with Gasteiger partial charge in [-0.3, -0.25) is 19.5 Å². The Labute approximate surface area is 177 Å². The number of amides is 2. The van der Waals surface area contributed by atoms with Crippen LogP contribution in [0.15, 0.2) is 71.3 Å². The molecule has 0 saturated carbocycles. The maximum Gasteiger partial charge on any atom is 0.268 e. The van der Waals surface area contributed by atoms with E-state index in [4.69, 9.17) is 9.15 Å². The first-order valence-electron chi connectivity index (χ1n) is 9.77. The number of fused-ring (bicyclic) bond motifs is 2. The number of oxazole rings is 1. The molecule has 31 heavy (non-hydrogen) atoms. The van der Waals surface area contributed by atoms with E-state index in [9.17, 15) is 9.59 Å². The van der Waals surface area contributed by atoms with Gasteiger partial charge in [0.25, 0.3) is 5.91 Å². The van der Waals surface area contributed by atoms with Crippen molar-refractivity contribution in [2.45, 2.75) is 13.0 Å². The van der Waals surface area contributed by atoms with E-state index >= 15 is 0 Å². The summed E-state index contributed by atoms with van der Waals surface area (Å²) in [5.74, 6) is 0.386. The number of anilines is 2. The average molecular weight is 414 g/mol. The molecule has 2 amide bonds. The number of nitrogens with one attached hydrogen (secondary N) is 1. The van der Waals surface area contributed by atoms with Gasteiger partial charge >= 0.3 is 0 Å². The van der Waals surface area contributed by atoms with Gasteiger partial charge < -0.3 is 14.5 Å². The van der Waals surface area contributed by atoms with Crippen LogP contribution in [0, 0.1) is 0 Å². The lowest BCUT2D eigenvalue weighted by molar-refractivity contribution is -0.127. The molecule has 3 heterocycles. The molecule has 1 unspecified atom stereocenters. The average Bonchev–Trinajstić information content (AvgIpc) is 3.21. The molecule has 8 heteroatoms. The number of hydrogen-bond acceptors (Lipinski definition) is 6. The van der Waals surface area contributed by atoms with Crippen molar-refractivity contribution in [1.29, 1.82) is 0 Å². The second kappa shape index (κ2) is 7.56. The van der Waals surface area contributed by atoms with E-state index in [0.29, 0.717) is 39.8 Å². The van der Waals surface area contributed by atoms with Crippen LogP contribution in [0.1, 0.15) is 6.92 Å². The first-order valence-corrected chi connectivity index (χ1v) is 9.77. The van der Waals surface area contributed by atoms with Gasteiger partial charge in [0.05, 0.1) is 5.69 Å². The first-order chi connectivity index (χ1) is 15.1. The van der Waals surface area contributed by atoms with Crippen LogP contribution in [-0.4, -0.2) is 34.4 Å². The van der Waals surface area contributed by atoms with Crippen molar-refractivity contribution in [2.24, 2.45) is 0 Å². The van der Waals surface area contributed by atoms with Gasteiger partial charge in [0.15, 0.2) is 11.7 Å². The van der Waals surface area contributed by atoms with Gasteiger partial charge in [0, 0.05) is 18.0 Å². The highest BCUT2D eigenvalue weighted by Crippen LogP contribution is 2.33. The van der Waals surface area contributed by atoms with Gasteiger partial charge in [-0.1, -0.05) is 18.2 Å². The van der Waals surface area contributed by atoms with Crippen LogP contribution in [0.25, 0.3) is 22.7 Å². The van der Waals surface area contributed by atoms with Crippen LogP contribution >= 0.6 is 0 Å². The molecule has 1 aliphatic heterocycles. The lowest BCUT2D eigenvalue weighted by Crippen LogP contribution is -2.47. The smallest absolute Gasteiger partial charge is 0.268 e. The van der Waals surface area contributed by atoms with Crippen LogP contribution < -0.4 is 15.0 Å². The highest BCUT2D eigenvalue weighted by atomic mass is 16.5. The molecule has 1 atom stereocenters. The summed E-state index contributed by atoms with van der Waals surface area (Å²) < 4.78 is 11.4. The fourth-order valence-corrected chi connectivity index (χ4v) is 3.47. The van der Waals surface area contributed by atoms with E-state index in [1.807, 2.05) is 24.3 Å². The molecule has 0 spiro atoms. The first kappa shape index (κ1) is 18.8. The lowest BCUT2D eigenvalue weighted by atomic mass is 10.2. The summed E-state index contributed by atoms with van der Waals surface area (Å²) in [4.78, 5) is 35.4. The van der Waals surface area contributed by atoms with Crippen molar-refractivity contribution < 1.29 is 18.7 Å². The summed E-state index contributed by atoms with van der Waals surface area (Å²) in [5, 5.41) is 2.82. The molecule has 4 aromatic rings. The molecule has 8 nitrogen and oxygen atoms in total. The predicted octanol–water partition coefficient (Wildman–Crippen LogP) is 3.64. The molecule has 5 rings (SSSR count). The van der Waals surface area contributed by atoms with E-state index in [1.54, 1.807) is 49.5 Å². The summed E-state index contributed by atoms with van der Waals surface area (Å²) in [5.41, 5.74) is 2.93. The third kappa shape index (κ3) is 3.59. The molecule has 1 aliphatic rings. The van der Waals surface area contributed by atoms with E-state index in [2.05, 4.69) is 15.3 Å². The molecule has 154 valence electrons. The van der Waals surface area contributed by atoms with E-state index in [0.717, 1.165) is 0 Å². The topological polar surface area (TPSA) is 97.6 Å². The highest BCUT2D eigenvalue weighted by molar-refractivity contribution is 6.06. The van der Waals surface area contributed by atoms with Gasteiger partial charge in [-0.2, -0.15) is 0 Å². The van der Waals surface area contributed by atoms with Crippen molar-refractivity contribution in [1.82, 2.24) is 9.97 Å². The van der Waals surface area contributed by atoms with Gasteiger partial charge in [0.1, 0.15) is 23.5 Å². The molecular weight excluding hydrogens is 396 g/mol. The third-order valence-corrected chi connectivity index (χ3v) is 4.93. The van der Waals surface area contributed by atoms with Crippen molar-refractivity contribution in [3.05, 3.63) is 66.9 Å². The Balaban J connectivity index is 1.35. The number of hydrogen-bond donors (Lipinski definition) is 1. The Morgan fingerprint density at radius 1 is 1.13 bits per heavy atom. The van der Waals surface area contributed by atoms with Gasteiger partial charge in [-0.05, 0) is 43.3 Å². The number of ether oxygens (including phenoxy) is 1. The quantitative estimate of drug-likeness (QED) is 0.548. The number of para-hydroxylation sites is 2. The number of carbonyl (C=O) groups excluding carboxylic acids is 2. The van der Waals surface area contributed by atoms with E-state index in [-0.39, 0.29) is 18.4 Å². The van der Waals surface area contributed by atoms with Crippen LogP contribution in [0.4, 0.5) is 11.4 Å². The Morgan fingerprint density at radius 2 is 1.97 bits per heavy atom. The van der Waals surface area contributed by atoms with Crippen molar-refractivity contribution in [3.8, 4) is 17.3 Å². The fraction of sp³-hybridized carbons (Fsp3) is 0.130. The van der Waals surface area contributed by atoms with Crippen LogP contribution in [0.2, 0.25) is 0 Å². The predicted molar refractivity (Wildman–Crippen MR) is 115 cm³/mol. The summed E-state index contributed by atoms with van der Waals surface area (Å²) in [6, 6.07) is 17.8. The SMILES string of the molecule is CC1Oc2ccccc2N(CC(=O)Nc2ccc3nc(-c4ccccn4)oc3c2)C1=O. The number of rotatable bonds is 4. The standard InChI is InChI=1S/C23H18N4O4/c1-14-23(29)27(18-7-2-3-8-19(18)30-14)13-21(28)25-15-9-10-16-20(12-15)31-22(26-16)17-6-4-5-11-24-17/h2-12,14H,13H2,1H3,(H,25,28). The number of aromatic nitrogens is 2.